The van der Waals surface area contributed by atoms with Crippen molar-refractivity contribution in [1.82, 2.24) is 5.43 Å². The lowest BCUT2D eigenvalue weighted by Crippen LogP contribution is -2.30. The number of amides is 1. The summed E-state index contributed by atoms with van der Waals surface area (Å²) < 4.78 is 0. The molecule has 0 aliphatic carbocycles. The minimum atomic E-state index is -0.120. The first kappa shape index (κ1) is 10.7. The van der Waals surface area contributed by atoms with Crippen LogP contribution in [0.3, 0.4) is 0 Å². The molecule has 0 saturated heterocycles. The lowest BCUT2D eigenvalue weighted by Gasteiger charge is -2.05. The van der Waals surface area contributed by atoms with E-state index in [1.165, 1.54) is 16.7 Å². The van der Waals surface area contributed by atoms with Crippen molar-refractivity contribution in [1.29, 1.82) is 0 Å². The van der Waals surface area contributed by atoms with Gasteiger partial charge in [-0.05, 0) is 31.4 Å². The van der Waals surface area contributed by atoms with Crippen LogP contribution in [0.4, 0.5) is 0 Å². The predicted molar refractivity (Wildman–Crippen MR) is 56.6 cm³/mol. The zero-order valence-electron chi connectivity index (χ0n) is 8.63. The van der Waals surface area contributed by atoms with Gasteiger partial charge in [0.05, 0.1) is 0 Å². The smallest absolute Gasteiger partial charge is 0.234 e. The van der Waals surface area contributed by atoms with Gasteiger partial charge in [0.25, 0.3) is 0 Å². The molecule has 1 aromatic carbocycles. The van der Waals surface area contributed by atoms with E-state index in [0.29, 0.717) is 6.42 Å². The molecule has 14 heavy (non-hydrogen) atoms. The molecule has 0 aliphatic heterocycles. The van der Waals surface area contributed by atoms with E-state index in [1.54, 1.807) is 0 Å². The van der Waals surface area contributed by atoms with Crippen LogP contribution < -0.4 is 11.3 Å². The average Bonchev–Trinajstić information content (AvgIpc) is 2.16. The molecule has 1 amide bonds. The topological polar surface area (TPSA) is 55.1 Å². The van der Waals surface area contributed by atoms with Crippen LogP contribution in [0.15, 0.2) is 18.2 Å². The molecule has 0 bridgehead atoms. The Kier molecular flexibility index (Phi) is 3.65. The first-order chi connectivity index (χ1) is 6.63. The van der Waals surface area contributed by atoms with Gasteiger partial charge in [-0.15, -0.1) is 0 Å². The number of aryl methyl sites for hydroxylation is 3. The molecule has 1 aromatic rings. The Morgan fingerprint density at radius 2 is 2.14 bits per heavy atom. The third-order valence-electron chi connectivity index (χ3n) is 2.28. The summed E-state index contributed by atoms with van der Waals surface area (Å²) in [5, 5.41) is 0. The normalized spacial score (nSPS) is 9.93. The second-order valence-corrected chi connectivity index (χ2v) is 3.50. The van der Waals surface area contributed by atoms with Crippen LogP contribution in [-0.4, -0.2) is 5.91 Å². The molecule has 3 N–H and O–H groups in total. The van der Waals surface area contributed by atoms with E-state index in [0.717, 1.165) is 6.42 Å². The first-order valence-corrected chi connectivity index (χ1v) is 4.69. The maximum Gasteiger partial charge on any atom is 0.234 e. The molecule has 3 nitrogen and oxygen atoms in total. The van der Waals surface area contributed by atoms with E-state index in [-0.39, 0.29) is 5.91 Å². The van der Waals surface area contributed by atoms with E-state index < -0.39 is 0 Å². The third kappa shape index (κ3) is 2.85. The van der Waals surface area contributed by atoms with Gasteiger partial charge < -0.3 is 0 Å². The van der Waals surface area contributed by atoms with Crippen molar-refractivity contribution in [2.45, 2.75) is 26.7 Å². The second-order valence-electron chi connectivity index (χ2n) is 3.50. The molecule has 0 spiro atoms. The largest absolute Gasteiger partial charge is 0.294 e. The Morgan fingerprint density at radius 1 is 1.43 bits per heavy atom. The van der Waals surface area contributed by atoms with Gasteiger partial charge in [-0.25, -0.2) is 5.84 Å². The Labute approximate surface area is 84.3 Å². The molecule has 0 aliphatic rings. The Hall–Kier alpha value is -1.35. The van der Waals surface area contributed by atoms with E-state index >= 15 is 0 Å². The molecule has 0 saturated carbocycles. The molecule has 0 heterocycles. The Bertz CT molecular complexity index is 334. The van der Waals surface area contributed by atoms with E-state index in [4.69, 9.17) is 5.84 Å². The number of carbonyl (C=O) groups excluding carboxylic acids is 1. The molecular weight excluding hydrogens is 176 g/mol. The molecule has 0 unspecified atom stereocenters. The minimum Gasteiger partial charge on any atom is -0.294 e. The van der Waals surface area contributed by atoms with Crippen LogP contribution in [0.2, 0.25) is 0 Å². The summed E-state index contributed by atoms with van der Waals surface area (Å²) in [6.45, 7) is 4.12. The highest BCUT2D eigenvalue weighted by Crippen LogP contribution is 2.12. The quantitative estimate of drug-likeness (QED) is 0.430. The molecule has 0 atom stereocenters. The number of nitrogens with two attached hydrogens (primary N) is 1. The van der Waals surface area contributed by atoms with Crippen LogP contribution in [0.5, 0.6) is 0 Å². The van der Waals surface area contributed by atoms with Gasteiger partial charge in [-0.1, -0.05) is 23.8 Å². The molecular formula is C11H16N2O. The zero-order valence-corrected chi connectivity index (χ0v) is 8.63. The fourth-order valence-corrected chi connectivity index (χ4v) is 1.45. The van der Waals surface area contributed by atoms with E-state index in [9.17, 15) is 4.79 Å². The van der Waals surface area contributed by atoms with E-state index in [2.05, 4.69) is 37.5 Å². The van der Waals surface area contributed by atoms with Gasteiger partial charge in [-0.3, -0.25) is 10.2 Å². The number of hydrogen-bond acceptors (Lipinski definition) is 2. The van der Waals surface area contributed by atoms with Crippen LogP contribution in [-0.2, 0) is 11.2 Å². The van der Waals surface area contributed by atoms with Crippen molar-refractivity contribution in [2.24, 2.45) is 5.84 Å². The molecule has 0 radical (unpaired) electrons. The summed E-state index contributed by atoms with van der Waals surface area (Å²) in [4.78, 5) is 10.9. The van der Waals surface area contributed by atoms with Gasteiger partial charge >= 0.3 is 0 Å². The lowest BCUT2D eigenvalue weighted by molar-refractivity contribution is -0.121. The SMILES string of the molecule is Cc1ccc(CCC(=O)NN)c(C)c1. The van der Waals surface area contributed by atoms with Crippen molar-refractivity contribution >= 4 is 5.91 Å². The maximum atomic E-state index is 10.9. The Balaban J connectivity index is 2.63. The number of hydrazine groups is 1. The maximum absolute atomic E-state index is 10.9. The number of rotatable bonds is 3. The van der Waals surface area contributed by atoms with E-state index in [1.807, 2.05) is 0 Å². The summed E-state index contributed by atoms with van der Waals surface area (Å²) in [5.41, 5.74) is 5.81. The van der Waals surface area contributed by atoms with Crippen LogP contribution >= 0.6 is 0 Å². The first-order valence-electron chi connectivity index (χ1n) is 4.69. The predicted octanol–water partition coefficient (Wildman–Crippen LogP) is 1.23. The Morgan fingerprint density at radius 3 is 2.71 bits per heavy atom. The number of benzene rings is 1. The van der Waals surface area contributed by atoms with Crippen molar-refractivity contribution in [3.8, 4) is 0 Å². The van der Waals surface area contributed by atoms with Gasteiger partial charge in [0.1, 0.15) is 0 Å². The van der Waals surface area contributed by atoms with Crippen molar-refractivity contribution < 1.29 is 4.79 Å². The summed E-state index contributed by atoms with van der Waals surface area (Å²) in [6.07, 6.45) is 1.19. The summed E-state index contributed by atoms with van der Waals surface area (Å²) in [5.74, 6) is 4.88. The van der Waals surface area contributed by atoms with Gasteiger partial charge in [-0.2, -0.15) is 0 Å². The van der Waals surface area contributed by atoms with Gasteiger partial charge in [0, 0.05) is 6.42 Å². The highest BCUT2D eigenvalue weighted by molar-refractivity contribution is 5.75. The summed E-state index contributed by atoms with van der Waals surface area (Å²) in [6, 6.07) is 6.24. The number of nitrogens with one attached hydrogen (secondary N) is 1. The highest BCUT2D eigenvalue weighted by atomic mass is 16.2. The molecule has 0 fully saturated rings. The molecule has 76 valence electrons. The fourth-order valence-electron chi connectivity index (χ4n) is 1.45. The molecule has 0 aromatic heterocycles. The summed E-state index contributed by atoms with van der Waals surface area (Å²) >= 11 is 0. The zero-order chi connectivity index (χ0) is 10.6. The number of hydrogen-bond donors (Lipinski definition) is 2. The summed E-state index contributed by atoms with van der Waals surface area (Å²) in [7, 11) is 0. The lowest BCUT2D eigenvalue weighted by atomic mass is 10.0. The number of carbonyl (C=O) groups is 1. The van der Waals surface area contributed by atoms with Crippen LogP contribution in [0, 0.1) is 13.8 Å². The van der Waals surface area contributed by atoms with Crippen LogP contribution in [0.1, 0.15) is 23.1 Å². The molecule has 1 rings (SSSR count). The molecule has 3 heteroatoms. The van der Waals surface area contributed by atoms with Crippen LogP contribution in [0.25, 0.3) is 0 Å². The van der Waals surface area contributed by atoms with Crippen molar-refractivity contribution in [3.05, 3.63) is 34.9 Å². The monoisotopic (exact) mass is 192 g/mol. The van der Waals surface area contributed by atoms with Gasteiger partial charge in [0.15, 0.2) is 0 Å². The third-order valence-corrected chi connectivity index (χ3v) is 2.28. The fraction of sp³-hybridized carbons (Fsp3) is 0.364. The van der Waals surface area contributed by atoms with Crippen molar-refractivity contribution in [3.63, 3.8) is 0 Å². The standard InChI is InChI=1S/C11H16N2O/c1-8-3-4-10(9(2)7-8)5-6-11(14)13-12/h3-4,7H,5-6,12H2,1-2H3,(H,13,14). The minimum absolute atomic E-state index is 0.120. The van der Waals surface area contributed by atoms with Crippen molar-refractivity contribution in [2.75, 3.05) is 0 Å². The highest BCUT2D eigenvalue weighted by Gasteiger charge is 2.02. The average molecular weight is 192 g/mol. The second kappa shape index (κ2) is 4.77. The van der Waals surface area contributed by atoms with Gasteiger partial charge in [0.2, 0.25) is 5.91 Å².